The van der Waals surface area contributed by atoms with E-state index in [4.69, 9.17) is 10.5 Å². The van der Waals surface area contributed by atoms with Gasteiger partial charge in [0.15, 0.2) is 0 Å². The molecular weight excluding hydrogens is 378 g/mol. The van der Waals surface area contributed by atoms with Gasteiger partial charge in [0.1, 0.15) is 0 Å². The fraction of sp³-hybridized carbons (Fsp3) is 0.862. The van der Waals surface area contributed by atoms with Crippen LogP contribution in [0.4, 0.5) is 0 Å². The maximum Gasteiger partial charge on any atom is 0.0617 e. The summed E-state index contributed by atoms with van der Waals surface area (Å²) in [6, 6.07) is 0.236. The topological polar surface area (TPSA) is 35.2 Å². The van der Waals surface area contributed by atoms with Gasteiger partial charge < -0.3 is 10.5 Å². The predicted molar refractivity (Wildman–Crippen MR) is 141 cm³/mol. The van der Waals surface area contributed by atoms with Crippen LogP contribution in [0, 0.1) is 0 Å². The van der Waals surface area contributed by atoms with E-state index in [1.807, 2.05) is 0 Å². The van der Waals surface area contributed by atoms with Crippen molar-refractivity contribution in [1.29, 1.82) is 0 Å². The lowest BCUT2D eigenvalue weighted by atomic mass is 10.1. The first-order valence-corrected chi connectivity index (χ1v) is 13.9. The van der Waals surface area contributed by atoms with Gasteiger partial charge in [0.25, 0.3) is 0 Å². The molecule has 0 spiro atoms. The van der Waals surface area contributed by atoms with E-state index in [2.05, 4.69) is 38.2 Å². The molecule has 0 aliphatic heterocycles. The van der Waals surface area contributed by atoms with Crippen molar-refractivity contribution in [2.45, 2.75) is 148 Å². The zero-order chi connectivity index (χ0) is 22.7. The lowest BCUT2D eigenvalue weighted by Crippen LogP contribution is -2.26. The Balaban J connectivity index is 3.21. The molecular formula is C29H57NO. The van der Waals surface area contributed by atoms with E-state index in [9.17, 15) is 0 Å². The number of nitrogens with two attached hydrogens (primary N) is 1. The molecule has 0 radical (unpaired) electrons. The molecule has 1 atom stereocenters. The van der Waals surface area contributed by atoms with Gasteiger partial charge in [-0.3, -0.25) is 0 Å². The zero-order valence-electron chi connectivity index (χ0n) is 21.4. The SMILES string of the molecule is CCCCC/C=C\C/C=C\CCCCCCCCOC[C@@H](N)CCCCCCCCC. The summed E-state index contributed by atoms with van der Waals surface area (Å²) in [5.74, 6) is 0. The van der Waals surface area contributed by atoms with E-state index in [1.54, 1.807) is 0 Å². The first kappa shape index (κ1) is 30.4. The Morgan fingerprint density at radius 1 is 0.581 bits per heavy atom. The smallest absolute Gasteiger partial charge is 0.0617 e. The second-order valence-electron chi connectivity index (χ2n) is 9.33. The van der Waals surface area contributed by atoms with Gasteiger partial charge >= 0.3 is 0 Å². The van der Waals surface area contributed by atoms with Crippen LogP contribution in [-0.2, 0) is 4.74 Å². The molecule has 0 saturated carbocycles. The summed E-state index contributed by atoms with van der Waals surface area (Å²) in [5, 5.41) is 0. The fourth-order valence-electron chi connectivity index (χ4n) is 3.87. The van der Waals surface area contributed by atoms with Crippen LogP contribution in [0.3, 0.4) is 0 Å². The normalized spacial score (nSPS) is 13.0. The molecule has 0 aliphatic rings. The first-order valence-electron chi connectivity index (χ1n) is 13.9. The minimum Gasteiger partial charge on any atom is -0.380 e. The van der Waals surface area contributed by atoms with Crippen LogP contribution in [0.25, 0.3) is 0 Å². The Morgan fingerprint density at radius 2 is 1.06 bits per heavy atom. The van der Waals surface area contributed by atoms with Crippen molar-refractivity contribution in [2.24, 2.45) is 5.73 Å². The standard InChI is InChI=1S/C29H57NO/c1-3-5-7-9-11-12-13-14-15-16-17-18-19-21-23-25-27-31-28-29(30)26-24-22-20-10-8-6-4-2/h11-12,14-15,29H,3-10,13,16-28,30H2,1-2H3/b12-11-,15-14-/t29-/m0/s1. The van der Waals surface area contributed by atoms with Gasteiger partial charge in [0, 0.05) is 12.6 Å². The Morgan fingerprint density at radius 3 is 1.71 bits per heavy atom. The Kier molecular flexibility index (Phi) is 26.9. The van der Waals surface area contributed by atoms with E-state index in [0.717, 1.165) is 26.1 Å². The number of hydrogen-bond donors (Lipinski definition) is 1. The molecule has 184 valence electrons. The summed E-state index contributed by atoms with van der Waals surface area (Å²) in [7, 11) is 0. The summed E-state index contributed by atoms with van der Waals surface area (Å²) < 4.78 is 5.79. The molecule has 31 heavy (non-hydrogen) atoms. The molecule has 0 aromatic heterocycles. The monoisotopic (exact) mass is 435 g/mol. The molecule has 0 aliphatic carbocycles. The Hall–Kier alpha value is -0.600. The number of ether oxygens (including phenoxy) is 1. The van der Waals surface area contributed by atoms with Crippen LogP contribution in [-0.4, -0.2) is 19.3 Å². The highest BCUT2D eigenvalue weighted by molar-refractivity contribution is 4.92. The number of rotatable bonds is 25. The molecule has 2 N–H and O–H groups in total. The van der Waals surface area contributed by atoms with Crippen LogP contribution >= 0.6 is 0 Å². The molecule has 0 aromatic rings. The molecule has 0 aromatic carbocycles. The highest BCUT2D eigenvalue weighted by Crippen LogP contribution is 2.10. The van der Waals surface area contributed by atoms with E-state index in [0.29, 0.717) is 0 Å². The van der Waals surface area contributed by atoms with E-state index in [1.165, 1.54) is 116 Å². The third-order valence-corrected chi connectivity index (χ3v) is 6.00. The van der Waals surface area contributed by atoms with Crippen LogP contribution in [0.1, 0.15) is 142 Å². The number of allylic oxidation sites excluding steroid dienone is 4. The van der Waals surface area contributed by atoms with Gasteiger partial charge in [-0.15, -0.1) is 0 Å². The average Bonchev–Trinajstić information content (AvgIpc) is 2.77. The predicted octanol–water partition coefficient (Wildman–Crippen LogP) is 9.28. The highest BCUT2D eigenvalue weighted by atomic mass is 16.5. The maximum atomic E-state index is 6.17. The Labute approximate surface area is 196 Å². The molecule has 0 heterocycles. The molecule has 0 saturated heterocycles. The first-order chi connectivity index (χ1) is 15.3. The van der Waals surface area contributed by atoms with E-state index < -0.39 is 0 Å². The fourth-order valence-corrected chi connectivity index (χ4v) is 3.87. The Bertz CT molecular complexity index is 377. The van der Waals surface area contributed by atoms with Crippen LogP contribution < -0.4 is 5.73 Å². The molecule has 2 heteroatoms. The molecule has 0 unspecified atom stereocenters. The zero-order valence-corrected chi connectivity index (χ0v) is 21.4. The lowest BCUT2D eigenvalue weighted by molar-refractivity contribution is 0.114. The minimum atomic E-state index is 0.236. The molecule has 2 nitrogen and oxygen atoms in total. The van der Waals surface area contributed by atoms with Crippen molar-refractivity contribution in [3.8, 4) is 0 Å². The van der Waals surface area contributed by atoms with Gasteiger partial charge in [-0.05, 0) is 44.9 Å². The van der Waals surface area contributed by atoms with Crippen molar-refractivity contribution in [3.63, 3.8) is 0 Å². The molecule has 0 amide bonds. The van der Waals surface area contributed by atoms with Crippen molar-refractivity contribution in [3.05, 3.63) is 24.3 Å². The lowest BCUT2D eigenvalue weighted by Gasteiger charge is -2.12. The summed E-state index contributed by atoms with van der Waals surface area (Å²) in [6.07, 6.45) is 35.5. The second kappa shape index (κ2) is 27.4. The third-order valence-electron chi connectivity index (χ3n) is 6.00. The van der Waals surface area contributed by atoms with Gasteiger partial charge in [-0.1, -0.05) is 122 Å². The molecule has 0 fully saturated rings. The second-order valence-corrected chi connectivity index (χ2v) is 9.33. The third kappa shape index (κ3) is 27.4. The quantitative estimate of drug-likeness (QED) is 0.114. The van der Waals surface area contributed by atoms with Crippen molar-refractivity contribution in [1.82, 2.24) is 0 Å². The summed E-state index contributed by atoms with van der Waals surface area (Å²) in [4.78, 5) is 0. The number of hydrogen-bond acceptors (Lipinski definition) is 2. The maximum absolute atomic E-state index is 6.17. The summed E-state index contributed by atoms with van der Waals surface area (Å²) >= 11 is 0. The van der Waals surface area contributed by atoms with E-state index >= 15 is 0 Å². The summed E-state index contributed by atoms with van der Waals surface area (Å²) in [5.41, 5.74) is 6.17. The van der Waals surface area contributed by atoms with Crippen molar-refractivity contribution >= 4 is 0 Å². The van der Waals surface area contributed by atoms with Crippen LogP contribution in [0.2, 0.25) is 0 Å². The van der Waals surface area contributed by atoms with Gasteiger partial charge in [0.2, 0.25) is 0 Å². The summed E-state index contributed by atoms with van der Waals surface area (Å²) in [6.45, 7) is 6.17. The van der Waals surface area contributed by atoms with Crippen molar-refractivity contribution in [2.75, 3.05) is 13.2 Å². The highest BCUT2D eigenvalue weighted by Gasteiger charge is 2.02. The van der Waals surface area contributed by atoms with Crippen LogP contribution in [0.5, 0.6) is 0 Å². The van der Waals surface area contributed by atoms with Gasteiger partial charge in [0.05, 0.1) is 6.61 Å². The molecule has 0 bridgehead atoms. The minimum absolute atomic E-state index is 0.236. The van der Waals surface area contributed by atoms with Crippen LogP contribution in [0.15, 0.2) is 24.3 Å². The molecule has 0 rings (SSSR count). The van der Waals surface area contributed by atoms with Crippen molar-refractivity contribution < 1.29 is 4.74 Å². The largest absolute Gasteiger partial charge is 0.380 e. The van der Waals surface area contributed by atoms with E-state index in [-0.39, 0.29) is 6.04 Å². The van der Waals surface area contributed by atoms with Gasteiger partial charge in [-0.2, -0.15) is 0 Å². The average molecular weight is 436 g/mol. The van der Waals surface area contributed by atoms with Gasteiger partial charge in [-0.25, -0.2) is 0 Å². The number of unbranched alkanes of at least 4 members (excludes halogenated alkanes) is 15.